The van der Waals surface area contributed by atoms with E-state index in [1.54, 1.807) is 19.2 Å². The number of benzene rings is 1. The van der Waals surface area contributed by atoms with Crippen LogP contribution in [0.2, 0.25) is 5.02 Å². The van der Waals surface area contributed by atoms with Crippen LogP contribution in [0.15, 0.2) is 28.0 Å². The van der Waals surface area contributed by atoms with E-state index in [1.165, 1.54) is 17.8 Å². The molecule has 0 spiro atoms. The molecule has 7 heteroatoms. The van der Waals surface area contributed by atoms with E-state index in [-0.39, 0.29) is 4.90 Å². The van der Waals surface area contributed by atoms with Crippen molar-refractivity contribution in [3.8, 4) is 0 Å². The van der Waals surface area contributed by atoms with Crippen molar-refractivity contribution >= 4 is 33.4 Å². The van der Waals surface area contributed by atoms with Crippen LogP contribution in [0.4, 0.5) is 0 Å². The molecule has 0 atom stereocenters. The monoisotopic (exact) mass is 294 g/mol. The molecule has 0 saturated carbocycles. The largest absolute Gasteiger partial charge is 0.318 e. The van der Waals surface area contributed by atoms with E-state index in [9.17, 15) is 8.42 Å². The third-order valence-corrected chi connectivity index (χ3v) is 4.78. The predicted molar refractivity (Wildman–Crippen MR) is 72.3 cm³/mol. The van der Waals surface area contributed by atoms with E-state index in [1.807, 2.05) is 6.26 Å². The summed E-state index contributed by atoms with van der Waals surface area (Å²) < 4.78 is 26.2. The highest BCUT2D eigenvalue weighted by molar-refractivity contribution is 7.98. The third-order valence-electron chi connectivity index (χ3n) is 2.10. The lowest BCUT2D eigenvalue weighted by molar-refractivity contribution is 0.579. The van der Waals surface area contributed by atoms with Gasteiger partial charge in [-0.25, -0.2) is 13.1 Å². The smallest absolute Gasteiger partial charge is 0.240 e. The van der Waals surface area contributed by atoms with Crippen LogP contribution >= 0.6 is 23.4 Å². The van der Waals surface area contributed by atoms with Gasteiger partial charge in [-0.15, -0.1) is 11.8 Å². The van der Waals surface area contributed by atoms with Crippen molar-refractivity contribution in [2.75, 3.05) is 26.4 Å². The van der Waals surface area contributed by atoms with Gasteiger partial charge in [0.25, 0.3) is 0 Å². The van der Waals surface area contributed by atoms with Crippen molar-refractivity contribution in [2.45, 2.75) is 9.79 Å². The fourth-order valence-electron chi connectivity index (χ4n) is 1.21. The van der Waals surface area contributed by atoms with Crippen LogP contribution in [0, 0.1) is 0 Å². The highest BCUT2D eigenvalue weighted by Crippen LogP contribution is 2.27. The van der Waals surface area contributed by atoms with Crippen LogP contribution < -0.4 is 10.0 Å². The van der Waals surface area contributed by atoms with E-state index >= 15 is 0 Å². The molecule has 0 bridgehead atoms. The van der Waals surface area contributed by atoms with E-state index in [0.29, 0.717) is 18.1 Å². The van der Waals surface area contributed by atoms with Crippen LogP contribution in [-0.2, 0) is 10.0 Å². The third kappa shape index (κ3) is 4.15. The van der Waals surface area contributed by atoms with Gasteiger partial charge in [0.15, 0.2) is 0 Å². The Labute approximate surface area is 111 Å². The molecule has 0 aliphatic heterocycles. The minimum absolute atomic E-state index is 0.191. The van der Waals surface area contributed by atoms with Crippen molar-refractivity contribution in [1.29, 1.82) is 0 Å². The molecule has 0 amide bonds. The summed E-state index contributed by atoms with van der Waals surface area (Å²) in [6, 6.07) is 4.73. The summed E-state index contributed by atoms with van der Waals surface area (Å²) in [6.45, 7) is 0.927. The van der Waals surface area contributed by atoms with Crippen molar-refractivity contribution in [3.05, 3.63) is 23.2 Å². The van der Waals surface area contributed by atoms with Gasteiger partial charge in [0.1, 0.15) is 0 Å². The lowest BCUT2D eigenvalue weighted by Crippen LogP contribution is -2.30. The van der Waals surface area contributed by atoms with E-state index in [4.69, 9.17) is 11.6 Å². The van der Waals surface area contributed by atoms with E-state index in [0.717, 1.165) is 4.90 Å². The number of nitrogens with one attached hydrogen (secondary N) is 2. The number of hydrogen-bond acceptors (Lipinski definition) is 4. The Hall–Kier alpha value is -0.270. The first-order chi connectivity index (χ1) is 8.01. The van der Waals surface area contributed by atoms with Crippen LogP contribution in [0.1, 0.15) is 0 Å². The maximum absolute atomic E-state index is 11.9. The minimum atomic E-state index is -3.46. The molecule has 0 heterocycles. The van der Waals surface area contributed by atoms with Crippen molar-refractivity contribution < 1.29 is 8.42 Å². The maximum atomic E-state index is 11.9. The Morgan fingerprint density at radius 1 is 1.35 bits per heavy atom. The predicted octanol–water partition coefficient (Wildman–Crippen LogP) is 1.56. The van der Waals surface area contributed by atoms with Gasteiger partial charge in [0.05, 0.1) is 9.92 Å². The number of sulfonamides is 1. The summed E-state index contributed by atoms with van der Waals surface area (Å²) in [4.78, 5) is 1.05. The van der Waals surface area contributed by atoms with Crippen LogP contribution in [0.25, 0.3) is 0 Å². The molecular formula is C10H15ClN2O2S2. The van der Waals surface area contributed by atoms with Crippen molar-refractivity contribution in [1.82, 2.24) is 10.0 Å². The molecule has 0 aromatic heterocycles. The first kappa shape index (κ1) is 14.8. The van der Waals surface area contributed by atoms with Crippen molar-refractivity contribution in [2.24, 2.45) is 0 Å². The van der Waals surface area contributed by atoms with Gasteiger partial charge in [0, 0.05) is 18.0 Å². The number of likely N-dealkylation sites (N-methyl/N-ethyl adjacent to an activating group) is 1. The average molecular weight is 295 g/mol. The average Bonchev–Trinajstić information content (AvgIpc) is 2.29. The Morgan fingerprint density at radius 3 is 2.59 bits per heavy atom. The summed E-state index contributed by atoms with van der Waals surface area (Å²) in [5.41, 5.74) is 0. The molecule has 0 unspecified atom stereocenters. The zero-order chi connectivity index (χ0) is 12.9. The first-order valence-electron chi connectivity index (χ1n) is 4.99. The highest BCUT2D eigenvalue weighted by atomic mass is 35.5. The number of halogens is 1. The summed E-state index contributed by atoms with van der Waals surface area (Å²) in [5, 5.41) is 3.32. The molecule has 0 saturated heterocycles. The van der Waals surface area contributed by atoms with Crippen LogP contribution in [0.3, 0.4) is 0 Å². The zero-order valence-electron chi connectivity index (χ0n) is 9.66. The normalized spacial score (nSPS) is 11.7. The van der Waals surface area contributed by atoms with Gasteiger partial charge >= 0.3 is 0 Å². The zero-order valence-corrected chi connectivity index (χ0v) is 12.0. The van der Waals surface area contributed by atoms with E-state index < -0.39 is 10.0 Å². The first-order valence-corrected chi connectivity index (χ1v) is 8.07. The molecule has 0 aliphatic rings. The van der Waals surface area contributed by atoms with Gasteiger partial charge in [-0.05, 0) is 31.5 Å². The summed E-state index contributed by atoms with van der Waals surface area (Å²) >= 11 is 7.45. The number of rotatable bonds is 6. The second-order valence-corrected chi connectivity index (χ2v) is 6.32. The lowest BCUT2D eigenvalue weighted by Gasteiger charge is -2.08. The lowest BCUT2D eigenvalue weighted by atomic mass is 10.4. The molecule has 2 N–H and O–H groups in total. The van der Waals surface area contributed by atoms with Gasteiger partial charge < -0.3 is 5.32 Å². The quantitative estimate of drug-likeness (QED) is 0.617. The molecule has 17 heavy (non-hydrogen) atoms. The molecule has 1 aromatic rings. The van der Waals surface area contributed by atoms with Gasteiger partial charge in [-0.2, -0.15) is 0 Å². The molecule has 0 radical (unpaired) electrons. The van der Waals surface area contributed by atoms with Crippen LogP contribution in [0.5, 0.6) is 0 Å². The van der Waals surface area contributed by atoms with E-state index in [2.05, 4.69) is 10.0 Å². The molecule has 1 rings (SSSR count). The Bertz CT molecular complexity index is 477. The summed E-state index contributed by atoms with van der Waals surface area (Å²) in [7, 11) is -1.70. The fourth-order valence-corrected chi connectivity index (χ4v) is 3.20. The second kappa shape index (κ2) is 6.61. The molecule has 1 aromatic carbocycles. The molecule has 4 nitrogen and oxygen atoms in total. The molecular weight excluding hydrogens is 280 g/mol. The molecule has 0 fully saturated rings. The SMILES string of the molecule is CNCCNS(=O)(=O)c1ccc(SC)c(Cl)c1. The number of hydrogen-bond donors (Lipinski definition) is 2. The Morgan fingerprint density at radius 2 is 2.06 bits per heavy atom. The topological polar surface area (TPSA) is 58.2 Å². The number of thioether (sulfide) groups is 1. The maximum Gasteiger partial charge on any atom is 0.240 e. The van der Waals surface area contributed by atoms with Gasteiger partial charge in [-0.1, -0.05) is 11.6 Å². The fraction of sp³-hybridized carbons (Fsp3) is 0.400. The molecule has 0 aliphatic carbocycles. The Kier molecular flexibility index (Phi) is 5.75. The highest BCUT2D eigenvalue weighted by Gasteiger charge is 2.14. The standard InChI is InChI=1S/C10H15ClN2O2S2/c1-12-5-6-13-17(14,15)8-3-4-10(16-2)9(11)7-8/h3-4,7,12-13H,5-6H2,1-2H3. The molecule has 96 valence electrons. The van der Waals surface area contributed by atoms with Crippen molar-refractivity contribution in [3.63, 3.8) is 0 Å². The second-order valence-electron chi connectivity index (χ2n) is 3.30. The Balaban J connectivity index is 2.88. The van der Waals surface area contributed by atoms with Crippen LogP contribution in [-0.4, -0.2) is 34.8 Å². The van der Waals surface area contributed by atoms with Gasteiger partial charge in [-0.3, -0.25) is 0 Å². The summed E-state index contributed by atoms with van der Waals surface area (Å²) in [5.74, 6) is 0. The summed E-state index contributed by atoms with van der Waals surface area (Å²) in [6.07, 6.45) is 1.89. The minimum Gasteiger partial charge on any atom is -0.318 e. The van der Waals surface area contributed by atoms with Gasteiger partial charge in [0.2, 0.25) is 10.0 Å².